The van der Waals surface area contributed by atoms with Gasteiger partial charge in [-0.1, -0.05) is 30.3 Å². The highest BCUT2D eigenvalue weighted by molar-refractivity contribution is 7.88. The number of aromatic amines is 1. The largest absolute Gasteiger partial charge is 0.263 e. The van der Waals surface area contributed by atoms with E-state index >= 15 is 0 Å². The summed E-state index contributed by atoms with van der Waals surface area (Å²) in [7, 11) is -3.25. The fraction of sp³-hybridized carbons (Fsp3) is 0.529. The number of hydrogen-bond acceptors (Lipinski definition) is 4. The first kappa shape index (κ1) is 15.8. The number of rotatable bonds is 6. The van der Waals surface area contributed by atoms with Gasteiger partial charge < -0.3 is 0 Å². The zero-order chi connectivity index (χ0) is 16.6. The Labute approximate surface area is 142 Å². The van der Waals surface area contributed by atoms with E-state index in [2.05, 4.69) is 15.2 Å². The van der Waals surface area contributed by atoms with Crippen molar-refractivity contribution in [3.63, 3.8) is 0 Å². The Kier molecular flexibility index (Phi) is 4.14. The van der Waals surface area contributed by atoms with E-state index in [1.165, 1.54) is 12.8 Å². The molecule has 2 aromatic rings. The highest BCUT2D eigenvalue weighted by atomic mass is 32.2. The molecule has 1 aromatic carbocycles. The summed E-state index contributed by atoms with van der Waals surface area (Å²) in [4.78, 5) is 4.56. The van der Waals surface area contributed by atoms with Crippen molar-refractivity contribution in [1.82, 2.24) is 19.5 Å². The fourth-order valence-electron chi connectivity index (χ4n) is 3.29. The van der Waals surface area contributed by atoms with E-state index in [9.17, 15) is 8.42 Å². The smallest absolute Gasteiger partial charge is 0.218 e. The molecule has 1 aliphatic carbocycles. The minimum atomic E-state index is -3.25. The van der Waals surface area contributed by atoms with Gasteiger partial charge in [0.25, 0.3) is 0 Å². The standard InChI is InChI=1S/C17H22N4O2S/c22-24(23,12-13-4-2-1-3-5-13)21-9-8-14(11-21)10-16-18-17(20-19-16)15-6-7-15/h1-5,14-15H,6-12H2,(H,18,19,20). The van der Waals surface area contributed by atoms with Gasteiger partial charge in [0.05, 0.1) is 5.75 Å². The molecule has 1 N–H and O–H groups in total. The number of nitrogens with one attached hydrogen (secondary N) is 1. The monoisotopic (exact) mass is 346 g/mol. The third kappa shape index (κ3) is 3.52. The molecule has 1 aromatic heterocycles. The molecule has 24 heavy (non-hydrogen) atoms. The van der Waals surface area contributed by atoms with Crippen LogP contribution in [0.25, 0.3) is 0 Å². The van der Waals surface area contributed by atoms with Crippen LogP contribution in [0.1, 0.15) is 42.4 Å². The summed E-state index contributed by atoms with van der Waals surface area (Å²) >= 11 is 0. The van der Waals surface area contributed by atoms with Gasteiger partial charge in [-0.05, 0) is 30.7 Å². The van der Waals surface area contributed by atoms with E-state index in [1.807, 2.05) is 30.3 Å². The third-order valence-corrected chi connectivity index (χ3v) is 6.62. The van der Waals surface area contributed by atoms with Crippen molar-refractivity contribution in [1.29, 1.82) is 0 Å². The number of H-pyrrole nitrogens is 1. The number of sulfonamides is 1. The molecule has 2 fully saturated rings. The maximum Gasteiger partial charge on any atom is 0.218 e. The number of aromatic nitrogens is 3. The van der Waals surface area contributed by atoms with E-state index < -0.39 is 10.0 Å². The molecule has 1 saturated heterocycles. The summed E-state index contributed by atoms with van der Waals surface area (Å²) < 4.78 is 26.8. The molecule has 0 bridgehead atoms. The SMILES string of the molecule is O=S(=O)(Cc1ccccc1)N1CCC(Cc2nc(C3CC3)n[nH]2)C1. The Balaban J connectivity index is 1.36. The normalized spacial score (nSPS) is 22.1. The molecule has 1 saturated carbocycles. The summed E-state index contributed by atoms with van der Waals surface area (Å²) in [5.41, 5.74) is 0.838. The lowest BCUT2D eigenvalue weighted by Gasteiger charge is -2.16. The first-order valence-corrected chi connectivity index (χ1v) is 10.1. The molecule has 2 heterocycles. The highest BCUT2D eigenvalue weighted by Crippen LogP contribution is 2.38. The Morgan fingerprint density at radius 1 is 1.17 bits per heavy atom. The molecule has 1 unspecified atom stereocenters. The second kappa shape index (κ2) is 6.29. The van der Waals surface area contributed by atoms with Crippen molar-refractivity contribution in [2.24, 2.45) is 5.92 Å². The van der Waals surface area contributed by atoms with E-state index in [0.29, 0.717) is 24.9 Å². The zero-order valence-electron chi connectivity index (χ0n) is 13.6. The van der Waals surface area contributed by atoms with Crippen LogP contribution in [0, 0.1) is 5.92 Å². The van der Waals surface area contributed by atoms with Gasteiger partial charge in [-0.2, -0.15) is 5.10 Å². The Morgan fingerprint density at radius 3 is 2.71 bits per heavy atom. The summed E-state index contributed by atoms with van der Waals surface area (Å²) in [6.45, 7) is 1.18. The minimum absolute atomic E-state index is 0.0781. The van der Waals surface area contributed by atoms with Crippen molar-refractivity contribution in [2.45, 2.75) is 37.4 Å². The highest BCUT2D eigenvalue weighted by Gasteiger charge is 2.33. The van der Waals surface area contributed by atoms with Gasteiger partial charge in [0.15, 0.2) is 5.82 Å². The molecule has 6 nitrogen and oxygen atoms in total. The maximum atomic E-state index is 12.6. The lowest BCUT2D eigenvalue weighted by Crippen LogP contribution is -2.30. The molecular weight excluding hydrogens is 324 g/mol. The van der Waals surface area contributed by atoms with Crippen LogP contribution < -0.4 is 0 Å². The molecule has 7 heteroatoms. The molecule has 1 atom stereocenters. The van der Waals surface area contributed by atoms with E-state index in [4.69, 9.17) is 0 Å². The number of nitrogens with zero attached hydrogens (tertiary/aromatic N) is 3. The fourth-order valence-corrected chi connectivity index (χ4v) is 4.91. The van der Waals surface area contributed by atoms with Crippen molar-refractivity contribution in [3.05, 3.63) is 47.5 Å². The second-order valence-electron chi connectivity index (χ2n) is 6.87. The van der Waals surface area contributed by atoms with E-state index in [-0.39, 0.29) is 5.75 Å². The molecule has 128 valence electrons. The average molecular weight is 346 g/mol. The van der Waals surface area contributed by atoms with Gasteiger partial charge >= 0.3 is 0 Å². The molecule has 0 amide bonds. The van der Waals surface area contributed by atoms with E-state index in [1.54, 1.807) is 4.31 Å². The van der Waals surface area contributed by atoms with Gasteiger partial charge in [0.1, 0.15) is 5.82 Å². The van der Waals surface area contributed by atoms with Crippen molar-refractivity contribution < 1.29 is 8.42 Å². The van der Waals surface area contributed by atoms with Crippen LogP contribution in [0.15, 0.2) is 30.3 Å². The average Bonchev–Trinajstić information content (AvgIpc) is 3.12. The van der Waals surface area contributed by atoms with E-state index in [0.717, 1.165) is 30.1 Å². The first-order valence-electron chi connectivity index (χ1n) is 8.53. The molecule has 0 spiro atoms. The molecular formula is C17H22N4O2S. The minimum Gasteiger partial charge on any atom is -0.263 e. The Morgan fingerprint density at radius 2 is 1.96 bits per heavy atom. The lowest BCUT2D eigenvalue weighted by atomic mass is 10.1. The van der Waals surface area contributed by atoms with Crippen molar-refractivity contribution >= 4 is 10.0 Å². The predicted molar refractivity (Wildman–Crippen MR) is 90.8 cm³/mol. The molecule has 4 rings (SSSR count). The van der Waals surface area contributed by atoms with Crippen LogP contribution in [-0.4, -0.2) is 41.0 Å². The van der Waals surface area contributed by atoms with Crippen LogP contribution in [0.4, 0.5) is 0 Å². The molecule has 2 aliphatic rings. The van der Waals surface area contributed by atoms with Crippen LogP contribution in [0.2, 0.25) is 0 Å². The van der Waals surface area contributed by atoms with Crippen LogP contribution in [0.5, 0.6) is 0 Å². The van der Waals surface area contributed by atoms with Crippen LogP contribution in [0.3, 0.4) is 0 Å². The van der Waals surface area contributed by atoms with Gasteiger partial charge in [-0.3, -0.25) is 5.10 Å². The predicted octanol–water partition coefficient (Wildman–Crippen LogP) is 2.08. The third-order valence-electron chi connectivity index (χ3n) is 4.81. The summed E-state index contributed by atoms with van der Waals surface area (Å²) in [5.74, 6) is 2.76. The summed E-state index contributed by atoms with van der Waals surface area (Å²) in [6.07, 6.45) is 4.03. The van der Waals surface area contributed by atoms with Crippen molar-refractivity contribution in [3.8, 4) is 0 Å². The van der Waals surface area contributed by atoms with Gasteiger partial charge in [0, 0.05) is 25.4 Å². The topological polar surface area (TPSA) is 79.0 Å². The van der Waals surface area contributed by atoms with Crippen LogP contribution >= 0.6 is 0 Å². The van der Waals surface area contributed by atoms with Gasteiger partial charge in [0.2, 0.25) is 10.0 Å². The Bertz CT molecular complexity index is 799. The van der Waals surface area contributed by atoms with Crippen molar-refractivity contribution in [2.75, 3.05) is 13.1 Å². The summed E-state index contributed by atoms with van der Waals surface area (Å²) in [6, 6.07) is 9.37. The van der Waals surface area contributed by atoms with Gasteiger partial charge in [-0.15, -0.1) is 0 Å². The zero-order valence-corrected chi connectivity index (χ0v) is 14.4. The number of hydrogen-bond donors (Lipinski definition) is 1. The Hall–Kier alpha value is -1.73. The first-order chi connectivity index (χ1) is 11.6. The molecule has 0 radical (unpaired) electrons. The lowest BCUT2D eigenvalue weighted by molar-refractivity contribution is 0.452. The maximum absolute atomic E-state index is 12.6. The molecule has 1 aliphatic heterocycles. The van der Waals surface area contributed by atoms with Gasteiger partial charge in [-0.25, -0.2) is 17.7 Å². The summed E-state index contributed by atoms with van der Waals surface area (Å²) in [5, 5.41) is 7.29. The van der Waals surface area contributed by atoms with Crippen LogP contribution in [-0.2, 0) is 22.2 Å². The quantitative estimate of drug-likeness (QED) is 0.868. The number of benzene rings is 1. The second-order valence-corrected chi connectivity index (χ2v) is 8.84.